The fraction of sp³-hybridized carbons (Fsp3) is 0.267. The highest BCUT2D eigenvalue weighted by atomic mass is 15.1. The molecule has 2 aromatic rings. The Bertz CT molecular complexity index is 436. The maximum atomic E-state index is 4.37. The van der Waals surface area contributed by atoms with E-state index < -0.39 is 0 Å². The fourth-order valence-electron chi connectivity index (χ4n) is 1.46. The standard InChI is InChI=1S/C13H14N2.C2H6/c1-15(2)12-8-9-14-13(10-12)11-6-4-3-5-7-11;1-2/h3-10H,1-2H3;1-2H3. The van der Waals surface area contributed by atoms with Crippen LogP contribution in [0.2, 0.25) is 0 Å². The van der Waals surface area contributed by atoms with Gasteiger partial charge < -0.3 is 4.90 Å². The lowest BCUT2D eigenvalue weighted by Gasteiger charge is -2.12. The normalized spacial score (nSPS) is 9.18. The molecule has 2 heteroatoms. The van der Waals surface area contributed by atoms with Gasteiger partial charge in [-0.2, -0.15) is 0 Å². The van der Waals surface area contributed by atoms with Crippen molar-refractivity contribution in [1.82, 2.24) is 4.98 Å². The molecule has 0 aliphatic heterocycles. The van der Waals surface area contributed by atoms with Gasteiger partial charge in [-0.1, -0.05) is 44.2 Å². The molecule has 0 spiro atoms. The monoisotopic (exact) mass is 228 g/mol. The van der Waals surface area contributed by atoms with Crippen LogP contribution in [0.3, 0.4) is 0 Å². The van der Waals surface area contributed by atoms with Crippen LogP contribution in [0.15, 0.2) is 48.7 Å². The maximum Gasteiger partial charge on any atom is 0.0722 e. The van der Waals surface area contributed by atoms with Gasteiger partial charge in [0, 0.05) is 31.5 Å². The number of nitrogens with zero attached hydrogens (tertiary/aromatic N) is 2. The first-order valence-electron chi connectivity index (χ1n) is 5.96. The second-order valence-corrected chi connectivity index (χ2v) is 3.66. The molecule has 1 aromatic carbocycles. The average molecular weight is 228 g/mol. The Morgan fingerprint density at radius 1 is 0.941 bits per heavy atom. The van der Waals surface area contributed by atoms with Gasteiger partial charge in [-0.05, 0) is 12.1 Å². The zero-order valence-electron chi connectivity index (χ0n) is 11.0. The van der Waals surface area contributed by atoms with Gasteiger partial charge in [-0.15, -0.1) is 0 Å². The highest BCUT2D eigenvalue weighted by Gasteiger charge is 2.00. The predicted molar refractivity (Wildman–Crippen MR) is 75.3 cm³/mol. The molecule has 0 atom stereocenters. The lowest BCUT2D eigenvalue weighted by atomic mass is 10.1. The molecule has 0 fully saturated rings. The van der Waals surface area contributed by atoms with Crippen molar-refractivity contribution in [1.29, 1.82) is 0 Å². The van der Waals surface area contributed by atoms with Gasteiger partial charge in [0.25, 0.3) is 0 Å². The minimum Gasteiger partial charge on any atom is -0.378 e. The van der Waals surface area contributed by atoms with Gasteiger partial charge in [-0.3, -0.25) is 4.98 Å². The van der Waals surface area contributed by atoms with E-state index in [4.69, 9.17) is 0 Å². The highest BCUT2D eigenvalue weighted by molar-refractivity contribution is 5.63. The Hall–Kier alpha value is -1.83. The summed E-state index contributed by atoms with van der Waals surface area (Å²) < 4.78 is 0. The van der Waals surface area contributed by atoms with Crippen molar-refractivity contribution in [2.45, 2.75) is 13.8 Å². The summed E-state index contributed by atoms with van der Waals surface area (Å²) in [4.78, 5) is 6.44. The number of aromatic nitrogens is 1. The van der Waals surface area contributed by atoms with Crippen LogP contribution >= 0.6 is 0 Å². The summed E-state index contributed by atoms with van der Waals surface area (Å²) in [5.41, 5.74) is 3.34. The molecular weight excluding hydrogens is 208 g/mol. The zero-order chi connectivity index (χ0) is 12.7. The van der Waals surface area contributed by atoms with Crippen molar-refractivity contribution in [3.8, 4) is 11.3 Å². The van der Waals surface area contributed by atoms with Crippen LogP contribution in [0.5, 0.6) is 0 Å². The third kappa shape index (κ3) is 3.59. The van der Waals surface area contributed by atoms with Crippen LogP contribution in [-0.2, 0) is 0 Å². The molecule has 0 N–H and O–H groups in total. The van der Waals surface area contributed by atoms with Gasteiger partial charge >= 0.3 is 0 Å². The number of benzene rings is 1. The van der Waals surface area contributed by atoms with Gasteiger partial charge in [-0.25, -0.2) is 0 Å². The molecule has 0 saturated heterocycles. The second-order valence-electron chi connectivity index (χ2n) is 3.66. The van der Waals surface area contributed by atoms with E-state index in [-0.39, 0.29) is 0 Å². The third-order valence-corrected chi connectivity index (χ3v) is 2.33. The Kier molecular flexibility index (Phi) is 5.21. The van der Waals surface area contributed by atoms with Crippen molar-refractivity contribution in [2.24, 2.45) is 0 Å². The third-order valence-electron chi connectivity index (χ3n) is 2.33. The SMILES string of the molecule is CC.CN(C)c1ccnc(-c2ccccc2)c1. The summed E-state index contributed by atoms with van der Waals surface area (Å²) >= 11 is 0. The number of hydrogen-bond donors (Lipinski definition) is 0. The molecular formula is C15H20N2. The molecule has 2 rings (SSSR count). The zero-order valence-corrected chi connectivity index (χ0v) is 11.0. The number of hydrogen-bond acceptors (Lipinski definition) is 2. The molecule has 0 aliphatic rings. The van der Waals surface area contributed by atoms with E-state index in [1.54, 1.807) is 0 Å². The lowest BCUT2D eigenvalue weighted by Crippen LogP contribution is -2.08. The van der Waals surface area contributed by atoms with Gasteiger partial charge in [0.2, 0.25) is 0 Å². The van der Waals surface area contributed by atoms with Crippen molar-refractivity contribution in [3.63, 3.8) is 0 Å². The molecule has 0 amide bonds. The van der Waals surface area contributed by atoms with E-state index in [0.717, 1.165) is 11.3 Å². The second kappa shape index (κ2) is 6.69. The van der Waals surface area contributed by atoms with Gasteiger partial charge in [0.15, 0.2) is 0 Å². The van der Waals surface area contributed by atoms with E-state index in [2.05, 4.69) is 28.1 Å². The van der Waals surface area contributed by atoms with Gasteiger partial charge in [0.05, 0.1) is 5.69 Å². The minimum atomic E-state index is 1.02. The van der Waals surface area contributed by atoms with Crippen LogP contribution in [0.1, 0.15) is 13.8 Å². The smallest absolute Gasteiger partial charge is 0.0722 e. The van der Waals surface area contributed by atoms with Crippen molar-refractivity contribution in [3.05, 3.63) is 48.7 Å². The molecule has 0 radical (unpaired) electrons. The first-order valence-corrected chi connectivity index (χ1v) is 5.96. The maximum absolute atomic E-state index is 4.37. The summed E-state index contributed by atoms with van der Waals surface area (Å²) in [7, 11) is 4.06. The summed E-state index contributed by atoms with van der Waals surface area (Å²) in [5, 5.41) is 0. The van der Waals surface area contributed by atoms with Crippen molar-refractivity contribution < 1.29 is 0 Å². The van der Waals surface area contributed by atoms with E-state index in [9.17, 15) is 0 Å². The summed E-state index contributed by atoms with van der Waals surface area (Å²) in [6.45, 7) is 4.00. The predicted octanol–water partition coefficient (Wildman–Crippen LogP) is 3.84. The Morgan fingerprint density at radius 3 is 2.18 bits per heavy atom. The van der Waals surface area contributed by atoms with E-state index in [1.165, 1.54) is 5.69 Å². The largest absolute Gasteiger partial charge is 0.378 e. The van der Waals surface area contributed by atoms with E-state index >= 15 is 0 Å². The molecule has 1 aromatic heterocycles. The van der Waals surface area contributed by atoms with E-state index in [0.29, 0.717) is 0 Å². The summed E-state index contributed by atoms with van der Waals surface area (Å²) in [6, 6.07) is 14.3. The molecule has 1 heterocycles. The fourth-order valence-corrected chi connectivity index (χ4v) is 1.46. The van der Waals surface area contributed by atoms with Crippen LogP contribution in [0.25, 0.3) is 11.3 Å². The average Bonchev–Trinajstić information content (AvgIpc) is 2.42. The van der Waals surface area contributed by atoms with Crippen LogP contribution in [-0.4, -0.2) is 19.1 Å². The molecule has 0 aliphatic carbocycles. The molecule has 17 heavy (non-hydrogen) atoms. The molecule has 90 valence electrons. The van der Waals surface area contributed by atoms with Crippen molar-refractivity contribution in [2.75, 3.05) is 19.0 Å². The minimum absolute atomic E-state index is 1.02. The topological polar surface area (TPSA) is 16.1 Å². The number of pyridine rings is 1. The van der Waals surface area contributed by atoms with E-state index in [1.807, 2.05) is 58.4 Å². The molecule has 0 saturated carbocycles. The Labute approximate surface area is 104 Å². The quantitative estimate of drug-likeness (QED) is 0.776. The van der Waals surface area contributed by atoms with Crippen LogP contribution in [0, 0.1) is 0 Å². The Balaban J connectivity index is 0.000000686. The molecule has 0 unspecified atom stereocenters. The molecule has 2 nitrogen and oxygen atoms in total. The highest BCUT2D eigenvalue weighted by Crippen LogP contribution is 2.20. The first-order chi connectivity index (χ1) is 8.27. The Morgan fingerprint density at radius 2 is 1.59 bits per heavy atom. The van der Waals surface area contributed by atoms with Crippen LogP contribution < -0.4 is 4.90 Å². The lowest BCUT2D eigenvalue weighted by molar-refractivity contribution is 1.12. The number of rotatable bonds is 2. The first kappa shape index (κ1) is 13.2. The van der Waals surface area contributed by atoms with Crippen molar-refractivity contribution >= 4 is 5.69 Å². The summed E-state index contributed by atoms with van der Waals surface area (Å²) in [6.07, 6.45) is 1.84. The molecule has 0 bridgehead atoms. The van der Waals surface area contributed by atoms with Crippen LogP contribution in [0.4, 0.5) is 5.69 Å². The summed E-state index contributed by atoms with van der Waals surface area (Å²) in [5.74, 6) is 0. The van der Waals surface area contributed by atoms with Gasteiger partial charge in [0.1, 0.15) is 0 Å². The number of anilines is 1.